The monoisotopic (exact) mass is 563 g/mol. The predicted molar refractivity (Wildman–Crippen MR) is 162 cm³/mol. The van der Waals surface area contributed by atoms with E-state index < -0.39 is 0 Å². The average Bonchev–Trinajstić information content (AvgIpc) is 3.60. The SMILES string of the molecule is CNc1ncc(/C=C/C(=O)N2CC3C=C(c4ccc(Oc5ccc(C#N)c(OC)c5)cc4)CC3C2)cc1NCCC=O. The number of rotatable bonds is 11. The van der Waals surface area contributed by atoms with Gasteiger partial charge in [0.15, 0.2) is 0 Å². The van der Waals surface area contributed by atoms with Crippen molar-refractivity contribution in [2.75, 3.05) is 44.4 Å². The molecule has 42 heavy (non-hydrogen) atoms. The highest BCUT2D eigenvalue weighted by molar-refractivity contribution is 5.92. The van der Waals surface area contributed by atoms with E-state index in [9.17, 15) is 14.9 Å². The second-order valence-corrected chi connectivity index (χ2v) is 10.3. The number of likely N-dealkylation sites (tertiary alicyclic amines) is 1. The zero-order chi connectivity index (χ0) is 29.5. The summed E-state index contributed by atoms with van der Waals surface area (Å²) in [6.07, 6.45) is 9.62. The standard InChI is InChI=1S/C33H33N5O4/c1-35-33-30(36-12-3-13-39)14-22(19-37-33)4-11-32(40)38-20-26-15-25(16-27(26)21-38)23-5-8-28(9-6-23)42-29-10-7-24(18-34)31(17-29)41-2/h4-11,13-15,17,19,26-27,36H,3,12,16,20-21H2,1-2H3,(H,35,37)/b11-4+. The fourth-order valence-corrected chi connectivity index (χ4v) is 5.45. The fraction of sp³-hybridized carbons (Fsp3) is 0.273. The molecule has 5 rings (SSSR count). The Morgan fingerprint density at radius 1 is 1.17 bits per heavy atom. The molecule has 2 atom stereocenters. The summed E-state index contributed by atoms with van der Waals surface area (Å²) in [7, 11) is 3.32. The van der Waals surface area contributed by atoms with Crippen LogP contribution in [0.4, 0.5) is 11.5 Å². The molecule has 0 spiro atoms. The fourth-order valence-electron chi connectivity index (χ4n) is 5.45. The van der Waals surface area contributed by atoms with Crippen LogP contribution in [0.5, 0.6) is 17.2 Å². The molecule has 0 bridgehead atoms. The van der Waals surface area contributed by atoms with Gasteiger partial charge < -0.3 is 29.8 Å². The van der Waals surface area contributed by atoms with Gasteiger partial charge in [-0.1, -0.05) is 18.2 Å². The van der Waals surface area contributed by atoms with Crippen molar-refractivity contribution < 1.29 is 19.1 Å². The molecular formula is C33H33N5O4. The number of aldehydes is 1. The molecular weight excluding hydrogens is 530 g/mol. The van der Waals surface area contributed by atoms with Crippen molar-refractivity contribution in [1.29, 1.82) is 5.26 Å². The van der Waals surface area contributed by atoms with Crippen molar-refractivity contribution in [2.45, 2.75) is 12.8 Å². The first-order valence-corrected chi connectivity index (χ1v) is 13.9. The minimum absolute atomic E-state index is 0.00607. The number of benzene rings is 2. The first kappa shape index (κ1) is 28.4. The van der Waals surface area contributed by atoms with E-state index in [4.69, 9.17) is 9.47 Å². The zero-order valence-electron chi connectivity index (χ0n) is 23.7. The summed E-state index contributed by atoms with van der Waals surface area (Å²) >= 11 is 0. The summed E-state index contributed by atoms with van der Waals surface area (Å²) in [5, 5.41) is 15.4. The van der Waals surface area contributed by atoms with Crippen molar-refractivity contribution in [3.63, 3.8) is 0 Å². The average molecular weight is 564 g/mol. The summed E-state index contributed by atoms with van der Waals surface area (Å²) < 4.78 is 11.2. The third-order valence-corrected chi connectivity index (χ3v) is 7.60. The molecule has 0 saturated carbocycles. The van der Waals surface area contributed by atoms with E-state index in [0.717, 1.165) is 36.1 Å². The molecule has 1 saturated heterocycles. The van der Waals surface area contributed by atoms with Gasteiger partial charge in [0.1, 0.15) is 35.4 Å². The van der Waals surface area contributed by atoms with Gasteiger partial charge in [0.25, 0.3) is 0 Å². The third kappa shape index (κ3) is 6.44. The smallest absolute Gasteiger partial charge is 0.246 e. The predicted octanol–water partition coefficient (Wildman–Crippen LogP) is 5.37. The van der Waals surface area contributed by atoms with Gasteiger partial charge in [-0.15, -0.1) is 0 Å². The van der Waals surface area contributed by atoms with Crippen molar-refractivity contribution in [1.82, 2.24) is 9.88 Å². The number of ether oxygens (including phenoxy) is 2. The highest BCUT2D eigenvalue weighted by Gasteiger charge is 2.37. The lowest BCUT2D eigenvalue weighted by Crippen LogP contribution is -2.27. The van der Waals surface area contributed by atoms with Gasteiger partial charge in [-0.25, -0.2) is 4.98 Å². The van der Waals surface area contributed by atoms with Gasteiger partial charge in [-0.3, -0.25) is 4.79 Å². The van der Waals surface area contributed by atoms with Crippen LogP contribution in [0.3, 0.4) is 0 Å². The van der Waals surface area contributed by atoms with Gasteiger partial charge in [0, 0.05) is 51.4 Å². The number of aromatic nitrogens is 1. The minimum atomic E-state index is -0.00607. The first-order chi connectivity index (χ1) is 20.5. The molecule has 1 aliphatic heterocycles. The Balaban J connectivity index is 1.17. The van der Waals surface area contributed by atoms with Crippen molar-refractivity contribution in [2.24, 2.45) is 11.8 Å². The lowest BCUT2D eigenvalue weighted by molar-refractivity contribution is -0.125. The number of anilines is 2. The molecule has 2 unspecified atom stereocenters. The summed E-state index contributed by atoms with van der Waals surface area (Å²) in [4.78, 5) is 29.9. The second-order valence-electron chi connectivity index (χ2n) is 10.3. The van der Waals surface area contributed by atoms with Crippen LogP contribution in [0.1, 0.15) is 29.5 Å². The number of carbonyl (C=O) groups is 2. The quantitative estimate of drug-likeness (QED) is 0.182. The summed E-state index contributed by atoms with van der Waals surface area (Å²) in [6.45, 7) is 1.95. The lowest BCUT2D eigenvalue weighted by atomic mass is 9.98. The summed E-state index contributed by atoms with van der Waals surface area (Å²) in [5.41, 5.74) is 4.51. The number of methoxy groups -OCH3 is 1. The van der Waals surface area contributed by atoms with Gasteiger partial charge >= 0.3 is 0 Å². The Hall–Kier alpha value is -5.10. The molecule has 9 nitrogen and oxygen atoms in total. The third-order valence-electron chi connectivity index (χ3n) is 7.60. The molecule has 2 N–H and O–H groups in total. The number of allylic oxidation sites excluding steroid dienone is 1. The van der Waals surface area contributed by atoms with Crippen LogP contribution >= 0.6 is 0 Å². The van der Waals surface area contributed by atoms with E-state index in [-0.39, 0.29) is 5.91 Å². The molecule has 1 fully saturated rings. The number of hydrogen-bond donors (Lipinski definition) is 2. The molecule has 1 aromatic heterocycles. The van der Waals surface area contributed by atoms with Gasteiger partial charge in [0.05, 0.1) is 18.4 Å². The number of nitriles is 1. The van der Waals surface area contributed by atoms with E-state index >= 15 is 0 Å². The zero-order valence-corrected chi connectivity index (χ0v) is 23.7. The maximum atomic E-state index is 13.0. The molecule has 0 radical (unpaired) electrons. The Morgan fingerprint density at radius 3 is 2.69 bits per heavy atom. The number of hydrogen-bond acceptors (Lipinski definition) is 8. The van der Waals surface area contributed by atoms with Crippen molar-refractivity contribution >= 4 is 35.3 Å². The Morgan fingerprint density at radius 2 is 1.98 bits per heavy atom. The highest BCUT2D eigenvalue weighted by Crippen LogP contribution is 2.41. The maximum Gasteiger partial charge on any atom is 0.246 e. The lowest BCUT2D eigenvalue weighted by Gasteiger charge is -2.15. The number of amides is 1. The Kier molecular flexibility index (Phi) is 8.83. The number of fused-ring (bicyclic) bond motifs is 1. The maximum absolute atomic E-state index is 13.0. The normalized spacial score (nSPS) is 17.4. The van der Waals surface area contributed by atoms with E-state index in [2.05, 4.69) is 39.9 Å². The largest absolute Gasteiger partial charge is 0.495 e. The number of nitrogens with one attached hydrogen (secondary N) is 2. The molecule has 2 aliphatic rings. The van der Waals surface area contributed by atoms with Crippen LogP contribution < -0.4 is 20.1 Å². The Bertz CT molecular complexity index is 1560. The molecule has 2 heterocycles. The Labute approximate surface area is 245 Å². The molecule has 1 amide bonds. The first-order valence-electron chi connectivity index (χ1n) is 13.9. The van der Waals surface area contributed by atoms with Crippen LogP contribution in [0, 0.1) is 23.2 Å². The minimum Gasteiger partial charge on any atom is -0.495 e. The van der Waals surface area contributed by atoms with Crippen molar-refractivity contribution in [3.8, 4) is 23.3 Å². The van der Waals surface area contributed by atoms with E-state index in [1.165, 1.54) is 12.7 Å². The molecule has 3 aromatic rings. The van der Waals surface area contributed by atoms with Crippen LogP contribution in [0.15, 0.2) is 66.9 Å². The van der Waals surface area contributed by atoms with Crippen LogP contribution in [0.25, 0.3) is 11.6 Å². The number of pyridine rings is 1. The topological polar surface area (TPSA) is 117 Å². The molecule has 9 heteroatoms. The van der Waals surface area contributed by atoms with E-state index in [0.29, 0.717) is 60.0 Å². The van der Waals surface area contributed by atoms with E-state index in [1.54, 1.807) is 43.6 Å². The van der Waals surface area contributed by atoms with Crippen LogP contribution in [-0.4, -0.2) is 55.9 Å². The summed E-state index contributed by atoms with van der Waals surface area (Å²) in [6, 6.07) is 17.2. The van der Waals surface area contributed by atoms with Crippen molar-refractivity contribution in [3.05, 3.63) is 83.6 Å². The van der Waals surface area contributed by atoms with E-state index in [1.807, 2.05) is 23.1 Å². The van der Waals surface area contributed by atoms with Gasteiger partial charge in [0.2, 0.25) is 5.91 Å². The van der Waals surface area contributed by atoms with Gasteiger partial charge in [-0.2, -0.15) is 5.26 Å². The molecule has 214 valence electrons. The highest BCUT2D eigenvalue weighted by atomic mass is 16.5. The van der Waals surface area contributed by atoms with Gasteiger partial charge in [-0.05, 0) is 71.4 Å². The molecule has 1 aliphatic carbocycles. The summed E-state index contributed by atoms with van der Waals surface area (Å²) in [5.74, 6) is 3.21. The molecule has 2 aromatic carbocycles. The van der Waals surface area contributed by atoms with Crippen LogP contribution in [-0.2, 0) is 9.59 Å². The second kappa shape index (κ2) is 13.0. The number of nitrogens with zero attached hydrogens (tertiary/aromatic N) is 3. The number of carbonyl (C=O) groups excluding carboxylic acids is 2. The van der Waals surface area contributed by atoms with Crippen LogP contribution in [0.2, 0.25) is 0 Å².